The first-order valence-electron chi connectivity index (χ1n) is 11.3. The molecule has 1 aliphatic heterocycles. The highest BCUT2D eigenvalue weighted by Gasteiger charge is 2.31. The number of sulfonamides is 1. The van der Waals surface area contributed by atoms with Crippen molar-refractivity contribution in [3.05, 3.63) is 89.4 Å². The lowest BCUT2D eigenvalue weighted by Gasteiger charge is -2.30. The van der Waals surface area contributed by atoms with Gasteiger partial charge in [0.2, 0.25) is 15.9 Å². The van der Waals surface area contributed by atoms with Gasteiger partial charge in [-0.3, -0.25) is 4.79 Å². The molecule has 1 saturated heterocycles. The van der Waals surface area contributed by atoms with Gasteiger partial charge in [-0.25, -0.2) is 13.4 Å². The van der Waals surface area contributed by atoms with Crippen LogP contribution in [0.2, 0.25) is 0 Å². The Balaban J connectivity index is 1.20. The number of para-hydroxylation sites is 1. The van der Waals surface area contributed by atoms with Crippen LogP contribution in [0, 0.1) is 0 Å². The number of fused-ring (bicyclic) bond motifs is 1. The minimum absolute atomic E-state index is 0.140. The summed E-state index contributed by atoms with van der Waals surface area (Å²) in [6.07, 6.45) is 1.78. The van der Waals surface area contributed by atoms with Gasteiger partial charge in [0.1, 0.15) is 0 Å². The van der Waals surface area contributed by atoms with Crippen LogP contribution in [0.5, 0.6) is 0 Å². The number of aromatic nitrogens is 1. The summed E-state index contributed by atoms with van der Waals surface area (Å²) in [6.45, 7) is 0.941. The first-order valence-corrected chi connectivity index (χ1v) is 13.5. The monoisotopic (exact) mass is 491 g/mol. The Hall–Kier alpha value is -3.07. The van der Waals surface area contributed by atoms with Crippen LogP contribution in [0.4, 0.5) is 5.69 Å². The third kappa shape index (κ3) is 4.89. The minimum Gasteiger partial charge on any atom is -0.326 e. The number of rotatable bonds is 6. The van der Waals surface area contributed by atoms with Gasteiger partial charge >= 0.3 is 0 Å². The number of hydrogen-bond donors (Lipinski definition) is 1. The number of benzene rings is 3. The maximum absolute atomic E-state index is 13.2. The van der Waals surface area contributed by atoms with Crippen LogP contribution in [0.15, 0.2) is 83.8 Å². The molecule has 2 heterocycles. The molecule has 34 heavy (non-hydrogen) atoms. The second-order valence-electron chi connectivity index (χ2n) is 8.43. The Bertz CT molecular complexity index is 1360. The van der Waals surface area contributed by atoms with E-state index in [-0.39, 0.29) is 23.1 Å². The maximum atomic E-state index is 13.2. The average molecular weight is 492 g/mol. The fourth-order valence-corrected chi connectivity index (χ4v) is 6.86. The van der Waals surface area contributed by atoms with Gasteiger partial charge in [-0.05, 0) is 54.8 Å². The second kappa shape index (κ2) is 9.66. The summed E-state index contributed by atoms with van der Waals surface area (Å²) in [7, 11) is -3.58. The number of nitrogens with zero attached hydrogens (tertiary/aromatic N) is 2. The Kier molecular flexibility index (Phi) is 6.45. The molecule has 174 valence electrons. The van der Waals surface area contributed by atoms with Crippen molar-refractivity contribution in [3.8, 4) is 0 Å². The van der Waals surface area contributed by atoms with Gasteiger partial charge in [0.15, 0.2) is 0 Å². The van der Waals surface area contributed by atoms with Crippen LogP contribution >= 0.6 is 11.3 Å². The highest BCUT2D eigenvalue weighted by molar-refractivity contribution is 7.89. The van der Waals surface area contributed by atoms with Gasteiger partial charge in [-0.1, -0.05) is 42.5 Å². The average Bonchev–Trinajstić information content (AvgIpc) is 3.29. The number of carbonyl (C=O) groups is 1. The normalized spacial score (nSPS) is 15.4. The molecule has 0 saturated carbocycles. The van der Waals surface area contributed by atoms with Crippen LogP contribution in [-0.2, 0) is 21.2 Å². The third-order valence-corrected chi connectivity index (χ3v) is 9.21. The Morgan fingerprint density at radius 3 is 2.32 bits per heavy atom. The first kappa shape index (κ1) is 22.7. The molecule has 0 aliphatic carbocycles. The molecule has 1 aliphatic rings. The largest absolute Gasteiger partial charge is 0.326 e. The quantitative estimate of drug-likeness (QED) is 0.410. The van der Waals surface area contributed by atoms with E-state index in [0.29, 0.717) is 18.8 Å². The molecule has 0 spiro atoms. The van der Waals surface area contributed by atoms with Gasteiger partial charge in [0, 0.05) is 24.7 Å². The lowest BCUT2D eigenvalue weighted by atomic mass is 9.99. The number of nitrogens with one attached hydrogen (secondary N) is 1. The number of piperidine rings is 1. The fraction of sp³-hybridized carbons (Fsp3) is 0.231. The van der Waals surface area contributed by atoms with Crippen molar-refractivity contribution in [1.82, 2.24) is 9.29 Å². The van der Waals surface area contributed by atoms with E-state index in [0.717, 1.165) is 28.9 Å². The summed E-state index contributed by atoms with van der Waals surface area (Å²) >= 11 is 1.70. The van der Waals surface area contributed by atoms with E-state index in [1.165, 1.54) is 4.70 Å². The Labute approximate surface area is 203 Å². The van der Waals surface area contributed by atoms with E-state index in [1.807, 2.05) is 48.5 Å². The number of amides is 1. The molecule has 3 aromatic carbocycles. The van der Waals surface area contributed by atoms with Crippen LogP contribution < -0.4 is 5.32 Å². The van der Waals surface area contributed by atoms with Crippen molar-refractivity contribution in [2.45, 2.75) is 30.1 Å². The molecule has 1 aromatic heterocycles. The van der Waals surface area contributed by atoms with Gasteiger partial charge in [0.05, 0.1) is 26.5 Å². The van der Waals surface area contributed by atoms with E-state index in [2.05, 4.69) is 11.4 Å². The van der Waals surface area contributed by atoms with E-state index in [4.69, 9.17) is 4.98 Å². The second-order valence-corrected chi connectivity index (χ2v) is 11.4. The zero-order chi connectivity index (χ0) is 23.5. The molecular weight excluding hydrogens is 466 g/mol. The summed E-state index contributed by atoms with van der Waals surface area (Å²) < 4.78 is 29.1. The summed E-state index contributed by atoms with van der Waals surface area (Å²) in [5, 5.41) is 3.92. The summed E-state index contributed by atoms with van der Waals surface area (Å²) in [4.78, 5) is 17.3. The Morgan fingerprint density at radius 1 is 0.941 bits per heavy atom. The molecule has 0 radical (unpaired) electrons. The van der Waals surface area contributed by atoms with Crippen LogP contribution in [-0.4, -0.2) is 36.7 Å². The number of anilines is 1. The van der Waals surface area contributed by atoms with Gasteiger partial charge in [-0.2, -0.15) is 4.31 Å². The van der Waals surface area contributed by atoms with E-state index < -0.39 is 10.0 Å². The number of thiazole rings is 1. The number of hydrogen-bond acceptors (Lipinski definition) is 5. The van der Waals surface area contributed by atoms with E-state index in [1.54, 1.807) is 39.9 Å². The van der Waals surface area contributed by atoms with Crippen molar-refractivity contribution in [3.63, 3.8) is 0 Å². The zero-order valence-corrected chi connectivity index (χ0v) is 20.2. The topological polar surface area (TPSA) is 79.4 Å². The molecule has 1 amide bonds. The standard InChI is InChI=1S/C26H25N3O3S2/c30-25(18-19-6-2-1-3-7-19)27-21-10-12-22(13-11-21)34(31,32)29-16-14-20(15-17-29)26-28-23-8-4-5-9-24(23)33-26/h1-13,20H,14-18H2,(H,27,30). The lowest BCUT2D eigenvalue weighted by Crippen LogP contribution is -2.37. The third-order valence-electron chi connectivity index (χ3n) is 6.10. The van der Waals surface area contributed by atoms with E-state index >= 15 is 0 Å². The van der Waals surface area contributed by atoms with Gasteiger partial charge in [0.25, 0.3) is 0 Å². The van der Waals surface area contributed by atoms with Crippen molar-refractivity contribution in [2.75, 3.05) is 18.4 Å². The van der Waals surface area contributed by atoms with Crippen molar-refractivity contribution in [2.24, 2.45) is 0 Å². The predicted molar refractivity (Wildman–Crippen MR) is 136 cm³/mol. The Morgan fingerprint density at radius 2 is 1.62 bits per heavy atom. The zero-order valence-electron chi connectivity index (χ0n) is 18.6. The fourth-order valence-electron chi connectivity index (χ4n) is 4.25. The maximum Gasteiger partial charge on any atom is 0.243 e. The van der Waals surface area contributed by atoms with E-state index in [9.17, 15) is 13.2 Å². The van der Waals surface area contributed by atoms with Crippen molar-refractivity contribution in [1.29, 1.82) is 0 Å². The summed E-state index contributed by atoms with van der Waals surface area (Å²) in [5.41, 5.74) is 2.51. The van der Waals surface area contributed by atoms with Crippen molar-refractivity contribution >= 4 is 43.2 Å². The van der Waals surface area contributed by atoms with Crippen molar-refractivity contribution < 1.29 is 13.2 Å². The molecule has 8 heteroatoms. The van der Waals surface area contributed by atoms with Crippen LogP contribution in [0.3, 0.4) is 0 Å². The molecule has 1 N–H and O–H groups in total. The molecule has 0 bridgehead atoms. The molecule has 0 unspecified atom stereocenters. The highest BCUT2D eigenvalue weighted by Crippen LogP contribution is 2.35. The first-order chi connectivity index (χ1) is 16.5. The van der Waals surface area contributed by atoms with Crippen LogP contribution in [0.1, 0.15) is 29.3 Å². The lowest BCUT2D eigenvalue weighted by molar-refractivity contribution is -0.115. The molecule has 5 rings (SSSR count). The smallest absolute Gasteiger partial charge is 0.243 e. The van der Waals surface area contributed by atoms with Crippen LogP contribution in [0.25, 0.3) is 10.2 Å². The molecule has 0 atom stereocenters. The molecular formula is C26H25N3O3S2. The van der Waals surface area contributed by atoms with Gasteiger partial charge < -0.3 is 5.32 Å². The molecule has 1 fully saturated rings. The minimum atomic E-state index is -3.58. The summed E-state index contributed by atoms with van der Waals surface area (Å²) in [6, 6.07) is 24.0. The van der Waals surface area contributed by atoms with Gasteiger partial charge in [-0.15, -0.1) is 11.3 Å². The number of carbonyl (C=O) groups excluding carboxylic acids is 1. The molecule has 6 nitrogen and oxygen atoms in total. The summed E-state index contributed by atoms with van der Waals surface area (Å²) in [5.74, 6) is 0.143. The molecule has 4 aromatic rings. The highest BCUT2D eigenvalue weighted by atomic mass is 32.2. The SMILES string of the molecule is O=C(Cc1ccccc1)Nc1ccc(S(=O)(=O)N2CCC(c3nc4ccccc4s3)CC2)cc1. The predicted octanol–water partition coefficient (Wildman–Crippen LogP) is 5.05.